The molecule has 0 aliphatic rings. The van der Waals surface area contributed by atoms with Crippen LogP contribution in [-0.2, 0) is 6.54 Å². The third kappa shape index (κ3) is 2.09. The van der Waals surface area contributed by atoms with Crippen molar-refractivity contribution >= 4 is 10.9 Å². The van der Waals surface area contributed by atoms with E-state index in [9.17, 15) is 0 Å². The van der Waals surface area contributed by atoms with Crippen molar-refractivity contribution < 1.29 is 9.30 Å². The molecule has 0 radical (unpaired) electrons. The van der Waals surface area contributed by atoms with Crippen molar-refractivity contribution in [2.24, 2.45) is 0 Å². The van der Waals surface area contributed by atoms with Crippen molar-refractivity contribution in [3.8, 4) is 18.1 Å². The Labute approximate surface area is 102 Å². The van der Waals surface area contributed by atoms with E-state index in [0.29, 0.717) is 13.2 Å². The topological polar surface area (TPSA) is 13.1 Å². The second kappa shape index (κ2) is 4.88. The molecule has 0 amide bonds. The molecule has 0 saturated carbocycles. The summed E-state index contributed by atoms with van der Waals surface area (Å²) in [5.74, 6) is 3.60. The average molecular weight is 226 g/mol. The lowest BCUT2D eigenvalue weighted by Crippen LogP contribution is -2.37. The van der Waals surface area contributed by atoms with Crippen molar-refractivity contribution in [3.63, 3.8) is 0 Å². The fourth-order valence-electron chi connectivity index (χ4n) is 2.00. The summed E-state index contributed by atoms with van der Waals surface area (Å²) < 4.78 is 7.75. The number of hydrogen-bond acceptors (Lipinski definition) is 1. The lowest BCUT2D eigenvalue weighted by molar-refractivity contribution is -0.664. The first kappa shape index (κ1) is 11.5. The highest BCUT2D eigenvalue weighted by molar-refractivity contribution is 5.82. The minimum Gasteiger partial charge on any atom is -0.493 e. The van der Waals surface area contributed by atoms with Gasteiger partial charge in [-0.2, -0.15) is 4.57 Å². The molecule has 0 aliphatic carbocycles. The number of pyridine rings is 1. The molecule has 2 rings (SSSR count). The van der Waals surface area contributed by atoms with Gasteiger partial charge in [-0.15, -0.1) is 6.42 Å². The number of nitrogens with zero attached hydrogens (tertiary/aromatic N) is 1. The Morgan fingerprint density at radius 1 is 1.29 bits per heavy atom. The first-order valence-corrected chi connectivity index (χ1v) is 5.76. The summed E-state index contributed by atoms with van der Waals surface area (Å²) in [4.78, 5) is 0. The van der Waals surface area contributed by atoms with E-state index in [2.05, 4.69) is 35.6 Å². The maximum absolute atomic E-state index is 5.63. The van der Waals surface area contributed by atoms with Gasteiger partial charge in [0.05, 0.1) is 12.0 Å². The number of aryl methyl sites for hydroxylation is 1. The Bertz CT molecular complexity index is 581. The van der Waals surface area contributed by atoms with Crippen LogP contribution in [0.1, 0.15) is 12.6 Å². The molecule has 0 atom stereocenters. The standard InChI is InChI=1S/C15H16NO/c1-4-11-16-12(3)9-10-13-14(16)7-6-8-15(13)17-5-2/h1,6-10H,5,11H2,2-3H3/q+1. The maximum Gasteiger partial charge on any atom is 0.217 e. The summed E-state index contributed by atoms with van der Waals surface area (Å²) in [7, 11) is 0. The molecule has 0 spiro atoms. The quantitative estimate of drug-likeness (QED) is 0.579. The number of benzene rings is 1. The predicted molar refractivity (Wildman–Crippen MR) is 68.9 cm³/mol. The lowest BCUT2D eigenvalue weighted by Gasteiger charge is -2.07. The summed E-state index contributed by atoms with van der Waals surface area (Å²) in [6.07, 6.45) is 5.42. The van der Waals surface area contributed by atoms with Gasteiger partial charge < -0.3 is 4.74 Å². The smallest absolute Gasteiger partial charge is 0.217 e. The molecule has 1 aromatic heterocycles. The zero-order valence-electron chi connectivity index (χ0n) is 10.2. The first-order valence-electron chi connectivity index (χ1n) is 5.76. The fourth-order valence-corrected chi connectivity index (χ4v) is 2.00. The highest BCUT2D eigenvalue weighted by Gasteiger charge is 2.13. The molecule has 0 unspecified atom stereocenters. The normalized spacial score (nSPS) is 10.2. The molecule has 1 heterocycles. The van der Waals surface area contributed by atoms with Crippen LogP contribution in [0.3, 0.4) is 0 Å². The van der Waals surface area contributed by atoms with Gasteiger partial charge in [-0.25, -0.2) is 0 Å². The Morgan fingerprint density at radius 3 is 2.82 bits per heavy atom. The van der Waals surface area contributed by atoms with Crippen molar-refractivity contribution in [1.29, 1.82) is 0 Å². The molecule has 2 nitrogen and oxygen atoms in total. The van der Waals surface area contributed by atoms with Gasteiger partial charge in [0.2, 0.25) is 12.1 Å². The third-order valence-electron chi connectivity index (χ3n) is 2.80. The van der Waals surface area contributed by atoms with E-state index in [4.69, 9.17) is 11.2 Å². The number of ether oxygens (including phenoxy) is 1. The minimum absolute atomic E-state index is 0.582. The Morgan fingerprint density at radius 2 is 2.12 bits per heavy atom. The molecular weight excluding hydrogens is 210 g/mol. The zero-order chi connectivity index (χ0) is 12.3. The van der Waals surface area contributed by atoms with Gasteiger partial charge in [-0.3, -0.25) is 0 Å². The highest BCUT2D eigenvalue weighted by atomic mass is 16.5. The molecule has 17 heavy (non-hydrogen) atoms. The fraction of sp³-hybridized carbons (Fsp3) is 0.267. The Balaban J connectivity index is 2.70. The number of aromatic nitrogens is 1. The maximum atomic E-state index is 5.63. The third-order valence-corrected chi connectivity index (χ3v) is 2.80. The summed E-state index contributed by atoms with van der Waals surface area (Å²) in [6.45, 7) is 5.30. The van der Waals surface area contributed by atoms with E-state index in [1.165, 1.54) is 0 Å². The van der Waals surface area contributed by atoms with Gasteiger partial charge in [-0.1, -0.05) is 6.07 Å². The van der Waals surface area contributed by atoms with Crippen molar-refractivity contribution in [1.82, 2.24) is 0 Å². The van der Waals surface area contributed by atoms with E-state index >= 15 is 0 Å². The van der Waals surface area contributed by atoms with Crippen molar-refractivity contribution in [2.75, 3.05) is 6.61 Å². The van der Waals surface area contributed by atoms with Crippen LogP contribution in [0.2, 0.25) is 0 Å². The SMILES string of the molecule is C#CC[n+]1c(C)ccc2c(OCC)cccc21. The van der Waals surface area contributed by atoms with Gasteiger partial charge in [-0.05, 0) is 25.0 Å². The average Bonchev–Trinajstić information content (AvgIpc) is 2.34. The molecule has 0 N–H and O–H groups in total. The minimum atomic E-state index is 0.582. The van der Waals surface area contributed by atoms with Crippen LogP contribution in [0.25, 0.3) is 10.9 Å². The summed E-state index contributed by atoms with van der Waals surface area (Å²) in [6, 6.07) is 10.2. The van der Waals surface area contributed by atoms with Crippen LogP contribution in [0.4, 0.5) is 0 Å². The van der Waals surface area contributed by atoms with E-state index < -0.39 is 0 Å². The van der Waals surface area contributed by atoms with Gasteiger partial charge in [0.15, 0.2) is 5.69 Å². The van der Waals surface area contributed by atoms with Gasteiger partial charge >= 0.3 is 0 Å². The molecule has 0 bridgehead atoms. The van der Waals surface area contributed by atoms with Crippen LogP contribution in [-0.4, -0.2) is 6.61 Å². The second-order valence-electron chi connectivity index (χ2n) is 3.89. The van der Waals surface area contributed by atoms with Gasteiger partial charge in [0.1, 0.15) is 5.75 Å². The van der Waals surface area contributed by atoms with Crippen LogP contribution in [0.15, 0.2) is 30.3 Å². The summed E-state index contributed by atoms with van der Waals surface area (Å²) in [5.41, 5.74) is 2.28. The molecule has 0 saturated heterocycles. The molecule has 1 aromatic carbocycles. The van der Waals surface area contributed by atoms with E-state index in [0.717, 1.165) is 22.3 Å². The van der Waals surface area contributed by atoms with Crippen LogP contribution in [0.5, 0.6) is 5.75 Å². The first-order chi connectivity index (χ1) is 8.27. The molecule has 2 heteroatoms. The number of hydrogen-bond donors (Lipinski definition) is 0. The Hall–Kier alpha value is -2.01. The van der Waals surface area contributed by atoms with E-state index in [-0.39, 0.29) is 0 Å². The molecule has 86 valence electrons. The van der Waals surface area contributed by atoms with E-state index in [1.54, 1.807) is 0 Å². The van der Waals surface area contributed by atoms with Crippen LogP contribution >= 0.6 is 0 Å². The zero-order valence-corrected chi connectivity index (χ0v) is 10.2. The predicted octanol–water partition coefficient (Wildman–Crippen LogP) is 2.47. The van der Waals surface area contributed by atoms with Crippen molar-refractivity contribution in [2.45, 2.75) is 20.4 Å². The number of rotatable bonds is 3. The van der Waals surface area contributed by atoms with Gasteiger partial charge in [0, 0.05) is 19.1 Å². The molecule has 0 fully saturated rings. The molecular formula is C15H16NO+. The summed E-state index contributed by atoms with van der Waals surface area (Å²) in [5, 5.41) is 1.11. The number of fused-ring (bicyclic) bond motifs is 1. The largest absolute Gasteiger partial charge is 0.493 e. The van der Waals surface area contributed by atoms with Gasteiger partial charge in [0.25, 0.3) is 0 Å². The number of terminal acetylenes is 1. The highest BCUT2D eigenvalue weighted by Crippen LogP contribution is 2.23. The van der Waals surface area contributed by atoms with E-state index in [1.807, 2.05) is 19.1 Å². The van der Waals surface area contributed by atoms with Crippen LogP contribution in [0, 0.1) is 19.3 Å². The van der Waals surface area contributed by atoms with Crippen LogP contribution < -0.4 is 9.30 Å². The lowest BCUT2D eigenvalue weighted by atomic mass is 10.1. The Kier molecular flexibility index (Phi) is 3.30. The molecule has 2 aromatic rings. The molecule has 0 aliphatic heterocycles. The monoisotopic (exact) mass is 226 g/mol. The van der Waals surface area contributed by atoms with Crippen molar-refractivity contribution in [3.05, 3.63) is 36.0 Å². The summed E-state index contributed by atoms with van der Waals surface area (Å²) >= 11 is 0. The second-order valence-corrected chi connectivity index (χ2v) is 3.89.